The standard InChI is InChI=1S/C15H18FNO/c1-11(9-15-7-4-8-18-15)17-12(2)13-5-3-6-14(16)10-13/h3-8,10-12,17H,9H2,1-2H3/t11?,12-/m0/s1. The first-order valence-electron chi connectivity index (χ1n) is 6.19. The first-order chi connectivity index (χ1) is 8.65. The van der Waals surface area contributed by atoms with Gasteiger partial charge in [0.15, 0.2) is 0 Å². The molecule has 2 rings (SSSR count). The van der Waals surface area contributed by atoms with Gasteiger partial charge in [-0.05, 0) is 43.7 Å². The average Bonchev–Trinajstić information content (AvgIpc) is 2.81. The number of rotatable bonds is 5. The Labute approximate surface area is 107 Å². The van der Waals surface area contributed by atoms with E-state index in [4.69, 9.17) is 4.42 Å². The van der Waals surface area contributed by atoms with Gasteiger partial charge in [-0.3, -0.25) is 0 Å². The van der Waals surface area contributed by atoms with Crippen molar-refractivity contribution in [2.24, 2.45) is 0 Å². The summed E-state index contributed by atoms with van der Waals surface area (Å²) < 4.78 is 18.4. The van der Waals surface area contributed by atoms with Crippen LogP contribution in [0.2, 0.25) is 0 Å². The number of benzene rings is 1. The summed E-state index contributed by atoms with van der Waals surface area (Å²) in [5, 5.41) is 3.43. The maximum Gasteiger partial charge on any atom is 0.123 e. The molecule has 0 saturated heterocycles. The summed E-state index contributed by atoms with van der Waals surface area (Å²) >= 11 is 0. The van der Waals surface area contributed by atoms with Crippen molar-refractivity contribution in [2.45, 2.75) is 32.4 Å². The van der Waals surface area contributed by atoms with E-state index in [0.717, 1.165) is 17.7 Å². The van der Waals surface area contributed by atoms with Crippen molar-refractivity contribution in [1.82, 2.24) is 5.32 Å². The van der Waals surface area contributed by atoms with Crippen LogP contribution >= 0.6 is 0 Å². The summed E-state index contributed by atoms with van der Waals surface area (Å²) in [7, 11) is 0. The number of hydrogen-bond donors (Lipinski definition) is 1. The van der Waals surface area contributed by atoms with E-state index >= 15 is 0 Å². The van der Waals surface area contributed by atoms with Gasteiger partial charge in [-0.2, -0.15) is 0 Å². The molecule has 1 heterocycles. The molecule has 0 bridgehead atoms. The number of furan rings is 1. The van der Waals surface area contributed by atoms with Gasteiger partial charge in [-0.1, -0.05) is 12.1 Å². The second-order valence-corrected chi connectivity index (χ2v) is 4.63. The summed E-state index contributed by atoms with van der Waals surface area (Å²) in [6.07, 6.45) is 2.50. The molecule has 2 atom stereocenters. The average molecular weight is 247 g/mol. The van der Waals surface area contributed by atoms with Crippen molar-refractivity contribution in [3.63, 3.8) is 0 Å². The van der Waals surface area contributed by atoms with E-state index < -0.39 is 0 Å². The largest absolute Gasteiger partial charge is 0.469 e. The third-order valence-corrected chi connectivity index (χ3v) is 2.97. The fourth-order valence-corrected chi connectivity index (χ4v) is 2.09. The van der Waals surface area contributed by atoms with Gasteiger partial charge in [0.25, 0.3) is 0 Å². The molecule has 1 N–H and O–H groups in total. The van der Waals surface area contributed by atoms with Crippen molar-refractivity contribution in [3.8, 4) is 0 Å². The highest BCUT2D eigenvalue weighted by molar-refractivity contribution is 5.19. The van der Waals surface area contributed by atoms with Crippen LogP contribution in [-0.2, 0) is 6.42 Å². The Hall–Kier alpha value is -1.61. The predicted molar refractivity (Wildman–Crippen MR) is 69.8 cm³/mol. The van der Waals surface area contributed by atoms with E-state index in [1.165, 1.54) is 6.07 Å². The van der Waals surface area contributed by atoms with Crippen LogP contribution in [-0.4, -0.2) is 6.04 Å². The molecule has 2 nitrogen and oxygen atoms in total. The Morgan fingerprint density at radius 3 is 2.72 bits per heavy atom. The highest BCUT2D eigenvalue weighted by Gasteiger charge is 2.11. The lowest BCUT2D eigenvalue weighted by atomic mass is 10.1. The van der Waals surface area contributed by atoms with E-state index in [0.29, 0.717) is 0 Å². The van der Waals surface area contributed by atoms with Gasteiger partial charge in [0.1, 0.15) is 11.6 Å². The molecule has 0 aliphatic carbocycles. The number of nitrogens with one attached hydrogen (secondary N) is 1. The summed E-state index contributed by atoms with van der Waals surface area (Å²) in [6.45, 7) is 4.13. The second-order valence-electron chi connectivity index (χ2n) is 4.63. The van der Waals surface area contributed by atoms with Crippen molar-refractivity contribution >= 4 is 0 Å². The molecule has 1 aromatic carbocycles. The zero-order chi connectivity index (χ0) is 13.0. The quantitative estimate of drug-likeness (QED) is 0.871. The van der Waals surface area contributed by atoms with Crippen molar-refractivity contribution in [2.75, 3.05) is 0 Å². The molecule has 18 heavy (non-hydrogen) atoms. The summed E-state index contributed by atoms with van der Waals surface area (Å²) in [5.41, 5.74) is 0.960. The SMILES string of the molecule is CC(Cc1ccco1)N[C@@H](C)c1cccc(F)c1. The maximum atomic E-state index is 13.1. The molecule has 0 aliphatic rings. The summed E-state index contributed by atoms with van der Waals surface area (Å²) in [6, 6.07) is 10.9. The summed E-state index contributed by atoms with van der Waals surface area (Å²) in [4.78, 5) is 0. The van der Waals surface area contributed by atoms with Crippen LogP contribution in [0.1, 0.15) is 31.2 Å². The minimum atomic E-state index is -0.195. The van der Waals surface area contributed by atoms with Crippen molar-refractivity contribution < 1.29 is 8.81 Å². The fourth-order valence-electron chi connectivity index (χ4n) is 2.09. The van der Waals surface area contributed by atoms with Gasteiger partial charge in [0.2, 0.25) is 0 Å². The molecule has 2 aromatic rings. The van der Waals surface area contributed by atoms with E-state index in [-0.39, 0.29) is 17.9 Å². The Kier molecular flexibility index (Phi) is 4.15. The normalized spacial score (nSPS) is 14.4. The van der Waals surface area contributed by atoms with Crippen molar-refractivity contribution in [1.29, 1.82) is 0 Å². The highest BCUT2D eigenvalue weighted by atomic mass is 19.1. The smallest absolute Gasteiger partial charge is 0.123 e. The van der Waals surface area contributed by atoms with Gasteiger partial charge in [-0.15, -0.1) is 0 Å². The van der Waals surface area contributed by atoms with Crippen LogP contribution in [0.4, 0.5) is 4.39 Å². The molecule has 0 aliphatic heterocycles. The molecule has 1 unspecified atom stereocenters. The van der Waals surface area contributed by atoms with Crippen molar-refractivity contribution in [3.05, 3.63) is 59.8 Å². The van der Waals surface area contributed by atoms with Crippen LogP contribution in [0.25, 0.3) is 0 Å². The monoisotopic (exact) mass is 247 g/mol. The van der Waals surface area contributed by atoms with Crippen LogP contribution in [0.5, 0.6) is 0 Å². The Bertz CT molecular complexity index is 481. The van der Waals surface area contributed by atoms with Gasteiger partial charge in [0, 0.05) is 18.5 Å². The minimum absolute atomic E-state index is 0.116. The zero-order valence-corrected chi connectivity index (χ0v) is 10.7. The van der Waals surface area contributed by atoms with Gasteiger partial charge in [-0.25, -0.2) is 4.39 Å². The van der Waals surface area contributed by atoms with Gasteiger partial charge < -0.3 is 9.73 Å². The third-order valence-electron chi connectivity index (χ3n) is 2.97. The molecular weight excluding hydrogens is 229 g/mol. The topological polar surface area (TPSA) is 25.2 Å². The van der Waals surface area contributed by atoms with Gasteiger partial charge >= 0.3 is 0 Å². The Morgan fingerprint density at radius 2 is 2.06 bits per heavy atom. The van der Waals surface area contributed by atoms with E-state index in [1.54, 1.807) is 18.4 Å². The molecular formula is C15H18FNO. The highest BCUT2D eigenvalue weighted by Crippen LogP contribution is 2.15. The molecule has 1 aromatic heterocycles. The molecule has 96 valence electrons. The zero-order valence-electron chi connectivity index (χ0n) is 10.7. The number of hydrogen-bond acceptors (Lipinski definition) is 2. The molecule has 0 spiro atoms. The van der Waals surface area contributed by atoms with Crippen LogP contribution in [0.3, 0.4) is 0 Å². The number of halogens is 1. The lowest BCUT2D eigenvalue weighted by Gasteiger charge is -2.19. The van der Waals surface area contributed by atoms with Crippen LogP contribution < -0.4 is 5.32 Å². The van der Waals surface area contributed by atoms with E-state index in [1.807, 2.05) is 25.1 Å². The second kappa shape index (κ2) is 5.83. The van der Waals surface area contributed by atoms with Crippen LogP contribution in [0.15, 0.2) is 47.1 Å². The maximum absolute atomic E-state index is 13.1. The lowest BCUT2D eigenvalue weighted by Crippen LogP contribution is -2.30. The summed E-state index contributed by atoms with van der Waals surface area (Å²) in [5.74, 6) is 0.765. The molecule has 0 radical (unpaired) electrons. The molecule has 3 heteroatoms. The minimum Gasteiger partial charge on any atom is -0.469 e. The fraction of sp³-hybridized carbons (Fsp3) is 0.333. The van der Waals surface area contributed by atoms with Crippen LogP contribution in [0, 0.1) is 5.82 Å². The third kappa shape index (κ3) is 3.44. The first kappa shape index (κ1) is 12.8. The van der Waals surface area contributed by atoms with E-state index in [9.17, 15) is 4.39 Å². The first-order valence-corrected chi connectivity index (χ1v) is 6.19. The Morgan fingerprint density at radius 1 is 1.22 bits per heavy atom. The molecule has 0 saturated carbocycles. The Balaban J connectivity index is 1.92. The van der Waals surface area contributed by atoms with Gasteiger partial charge in [0.05, 0.1) is 6.26 Å². The molecule has 0 amide bonds. The van der Waals surface area contributed by atoms with E-state index in [2.05, 4.69) is 12.2 Å². The lowest BCUT2D eigenvalue weighted by molar-refractivity contribution is 0.428. The molecule has 0 fully saturated rings. The predicted octanol–water partition coefficient (Wildman–Crippen LogP) is 3.70.